The molecule has 1 heterocycles. The number of amides is 2. The molecule has 0 radical (unpaired) electrons. The lowest BCUT2D eigenvalue weighted by atomic mass is 10.1. The number of aryl methyl sites for hydroxylation is 1. The molecule has 6 nitrogen and oxygen atoms in total. The number of para-hydroxylation sites is 1. The number of carbonyl (C=O) groups excluding carboxylic acids is 2. The zero-order valence-corrected chi connectivity index (χ0v) is 14.4. The van der Waals surface area contributed by atoms with E-state index < -0.39 is 11.7 Å². The van der Waals surface area contributed by atoms with Gasteiger partial charge in [0.2, 0.25) is 5.91 Å². The number of hydrogen-bond acceptors (Lipinski definition) is 3. The van der Waals surface area contributed by atoms with Crippen LogP contribution in [-0.2, 0) is 16.0 Å². The quantitative estimate of drug-likeness (QED) is 0.712. The molecule has 0 aliphatic rings. The monoisotopic (exact) mass is 331 g/mol. The van der Waals surface area contributed by atoms with Crippen LogP contribution in [0.3, 0.4) is 0 Å². The van der Waals surface area contributed by atoms with Crippen LogP contribution in [0.4, 0.5) is 4.79 Å². The number of hydrogen-bond donors (Lipinski definition) is 3. The van der Waals surface area contributed by atoms with Crippen LogP contribution >= 0.6 is 0 Å². The van der Waals surface area contributed by atoms with Crippen molar-refractivity contribution in [3.8, 4) is 0 Å². The number of fused-ring (bicyclic) bond motifs is 1. The van der Waals surface area contributed by atoms with Gasteiger partial charge in [0.05, 0.1) is 0 Å². The van der Waals surface area contributed by atoms with Gasteiger partial charge in [-0.25, -0.2) is 4.79 Å². The Morgan fingerprint density at radius 3 is 2.58 bits per heavy atom. The molecule has 0 unspecified atom stereocenters. The SMILES string of the molecule is CC(C)(C)OC(=O)NCCNC(=O)CCc1c[nH]c2ccccc12. The van der Waals surface area contributed by atoms with E-state index in [1.807, 2.05) is 30.5 Å². The predicted octanol–water partition coefficient (Wildman–Crippen LogP) is 2.74. The molecule has 0 spiro atoms. The molecule has 1 aromatic heterocycles. The van der Waals surface area contributed by atoms with E-state index in [1.165, 1.54) is 0 Å². The second-order valence-corrected chi connectivity index (χ2v) is 6.64. The first kappa shape index (κ1) is 17.8. The first-order chi connectivity index (χ1) is 11.3. The Bertz CT molecular complexity index is 701. The molecule has 6 heteroatoms. The Hall–Kier alpha value is -2.50. The molecule has 0 aliphatic heterocycles. The molecule has 3 N–H and O–H groups in total. The van der Waals surface area contributed by atoms with Gasteiger partial charge in [0, 0.05) is 36.6 Å². The minimum absolute atomic E-state index is 0.0359. The van der Waals surface area contributed by atoms with Crippen LogP contribution in [0.25, 0.3) is 10.9 Å². The van der Waals surface area contributed by atoms with Gasteiger partial charge in [0.1, 0.15) is 5.60 Å². The van der Waals surface area contributed by atoms with Gasteiger partial charge in [-0.3, -0.25) is 4.79 Å². The van der Waals surface area contributed by atoms with Crippen molar-refractivity contribution in [3.63, 3.8) is 0 Å². The lowest BCUT2D eigenvalue weighted by Crippen LogP contribution is -2.37. The first-order valence-corrected chi connectivity index (χ1v) is 8.14. The summed E-state index contributed by atoms with van der Waals surface area (Å²) in [5, 5.41) is 6.55. The number of aromatic nitrogens is 1. The van der Waals surface area contributed by atoms with E-state index in [0.29, 0.717) is 25.9 Å². The largest absolute Gasteiger partial charge is 0.444 e. The average molecular weight is 331 g/mol. The van der Waals surface area contributed by atoms with Gasteiger partial charge in [-0.2, -0.15) is 0 Å². The summed E-state index contributed by atoms with van der Waals surface area (Å²) >= 11 is 0. The maximum atomic E-state index is 11.9. The van der Waals surface area contributed by atoms with Gasteiger partial charge in [0.25, 0.3) is 0 Å². The van der Waals surface area contributed by atoms with E-state index in [0.717, 1.165) is 16.5 Å². The molecule has 0 atom stereocenters. The lowest BCUT2D eigenvalue weighted by molar-refractivity contribution is -0.121. The number of benzene rings is 1. The van der Waals surface area contributed by atoms with E-state index in [1.54, 1.807) is 20.8 Å². The molecular formula is C18H25N3O3. The molecule has 0 saturated heterocycles. The van der Waals surface area contributed by atoms with Crippen LogP contribution in [-0.4, -0.2) is 35.7 Å². The van der Waals surface area contributed by atoms with Gasteiger partial charge in [-0.15, -0.1) is 0 Å². The summed E-state index contributed by atoms with van der Waals surface area (Å²) in [7, 11) is 0. The molecule has 2 amide bonds. The summed E-state index contributed by atoms with van der Waals surface area (Å²) in [4.78, 5) is 26.5. The Morgan fingerprint density at radius 1 is 1.12 bits per heavy atom. The Morgan fingerprint density at radius 2 is 1.83 bits per heavy atom. The normalized spacial score (nSPS) is 11.3. The molecule has 24 heavy (non-hydrogen) atoms. The van der Waals surface area contributed by atoms with E-state index in [4.69, 9.17) is 4.74 Å². The van der Waals surface area contributed by atoms with Gasteiger partial charge in [0.15, 0.2) is 0 Å². The summed E-state index contributed by atoms with van der Waals surface area (Å²) in [6, 6.07) is 8.03. The molecule has 2 rings (SSSR count). The van der Waals surface area contributed by atoms with Gasteiger partial charge < -0.3 is 20.4 Å². The highest BCUT2D eigenvalue weighted by molar-refractivity contribution is 5.84. The molecule has 1 aromatic carbocycles. The number of alkyl carbamates (subject to hydrolysis) is 1. The van der Waals surface area contributed by atoms with E-state index in [-0.39, 0.29) is 5.91 Å². The minimum Gasteiger partial charge on any atom is -0.444 e. The number of aromatic amines is 1. The summed E-state index contributed by atoms with van der Waals surface area (Å²) < 4.78 is 5.12. The van der Waals surface area contributed by atoms with Crippen molar-refractivity contribution in [2.45, 2.75) is 39.2 Å². The number of rotatable bonds is 6. The fraction of sp³-hybridized carbons (Fsp3) is 0.444. The van der Waals surface area contributed by atoms with E-state index in [2.05, 4.69) is 15.6 Å². The molecule has 2 aromatic rings. The fourth-order valence-electron chi connectivity index (χ4n) is 2.36. The fourth-order valence-corrected chi connectivity index (χ4v) is 2.36. The standard InChI is InChI=1S/C18H25N3O3/c1-18(2,3)24-17(23)20-11-10-19-16(22)9-8-13-12-21-15-7-5-4-6-14(13)15/h4-7,12,21H,8-11H2,1-3H3,(H,19,22)(H,20,23). The topological polar surface area (TPSA) is 83.2 Å². The molecule has 0 saturated carbocycles. The lowest BCUT2D eigenvalue weighted by Gasteiger charge is -2.19. The van der Waals surface area contributed by atoms with Crippen LogP contribution in [0.15, 0.2) is 30.5 Å². The van der Waals surface area contributed by atoms with Crippen LogP contribution < -0.4 is 10.6 Å². The van der Waals surface area contributed by atoms with E-state index in [9.17, 15) is 9.59 Å². The Labute approximate surface area is 142 Å². The molecule has 0 bridgehead atoms. The summed E-state index contributed by atoms with van der Waals surface area (Å²) in [6.45, 7) is 6.14. The first-order valence-electron chi connectivity index (χ1n) is 8.14. The van der Waals surface area contributed by atoms with Crippen molar-refractivity contribution in [2.24, 2.45) is 0 Å². The van der Waals surface area contributed by atoms with Gasteiger partial charge >= 0.3 is 6.09 Å². The van der Waals surface area contributed by atoms with Crippen molar-refractivity contribution in [3.05, 3.63) is 36.0 Å². The second-order valence-electron chi connectivity index (χ2n) is 6.64. The predicted molar refractivity (Wildman–Crippen MR) is 93.9 cm³/mol. The molecule has 0 aliphatic carbocycles. The van der Waals surface area contributed by atoms with Crippen molar-refractivity contribution in [1.29, 1.82) is 0 Å². The van der Waals surface area contributed by atoms with Crippen LogP contribution in [0.5, 0.6) is 0 Å². The summed E-state index contributed by atoms with van der Waals surface area (Å²) in [5.41, 5.74) is 1.69. The minimum atomic E-state index is -0.521. The highest BCUT2D eigenvalue weighted by Crippen LogP contribution is 2.18. The Balaban J connectivity index is 1.66. The van der Waals surface area contributed by atoms with Crippen molar-refractivity contribution < 1.29 is 14.3 Å². The molecular weight excluding hydrogens is 306 g/mol. The maximum absolute atomic E-state index is 11.9. The summed E-state index contributed by atoms with van der Waals surface area (Å²) in [5.74, 6) is -0.0359. The van der Waals surface area contributed by atoms with Gasteiger partial charge in [-0.05, 0) is 38.8 Å². The van der Waals surface area contributed by atoms with Crippen LogP contribution in [0.1, 0.15) is 32.8 Å². The van der Waals surface area contributed by atoms with Crippen molar-refractivity contribution in [1.82, 2.24) is 15.6 Å². The second kappa shape index (κ2) is 7.86. The molecule has 0 fully saturated rings. The maximum Gasteiger partial charge on any atom is 0.407 e. The number of carbonyl (C=O) groups is 2. The number of H-pyrrole nitrogens is 1. The van der Waals surface area contributed by atoms with Crippen molar-refractivity contribution >= 4 is 22.9 Å². The third kappa shape index (κ3) is 5.61. The highest BCUT2D eigenvalue weighted by Gasteiger charge is 2.15. The zero-order valence-electron chi connectivity index (χ0n) is 14.4. The van der Waals surface area contributed by atoms with E-state index >= 15 is 0 Å². The Kier molecular flexibility index (Phi) is 5.84. The third-order valence-electron chi connectivity index (χ3n) is 3.41. The van der Waals surface area contributed by atoms with Crippen LogP contribution in [0, 0.1) is 0 Å². The average Bonchev–Trinajstić information content (AvgIpc) is 2.91. The zero-order chi connectivity index (χ0) is 17.6. The smallest absolute Gasteiger partial charge is 0.407 e. The number of nitrogens with one attached hydrogen (secondary N) is 3. The molecule has 130 valence electrons. The van der Waals surface area contributed by atoms with Gasteiger partial charge in [-0.1, -0.05) is 18.2 Å². The summed E-state index contributed by atoms with van der Waals surface area (Å²) in [6.07, 6.45) is 2.56. The number of ether oxygens (including phenoxy) is 1. The van der Waals surface area contributed by atoms with Crippen molar-refractivity contribution in [2.75, 3.05) is 13.1 Å². The highest BCUT2D eigenvalue weighted by atomic mass is 16.6. The van der Waals surface area contributed by atoms with Crippen LogP contribution in [0.2, 0.25) is 0 Å². The third-order valence-corrected chi connectivity index (χ3v) is 3.41.